The second kappa shape index (κ2) is 9.99. The number of hydrogen-bond acceptors (Lipinski definition) is 4. The highest BCUT2D eigenvalue weighted by atomic mass is 16.2. The van der Waals surface area contributed by atoms with Gasteiger partial charge in [0, 0.05) is 71.1 Å². The van der Waals surface area contributed by atoms with Crippen LogP contribution in [-0.2, 0) is 23.1 Å². The molecule has 1 aromatic carbocycles. The number of carbonyl (C=O) groups excluding carboxylic acids is 3. The molecule has 1 aromatic heterocycles. The van der Waals surface area contributed by atoms with Gasteiger partial charge in [0.15, 0.2) is 0 Å². The van der Waals surface area contributed by atoms with Crippen molar-refractivity contribution >= 4 is 28.9 Å². The second-order valence-corrected chi connectivity index (χ2v) is 11.4. The van der Waals surface area contributed by atoms with Gasteiger partial charge in [-0.15, -0.1) is 0 Å². The van der Waals surface area contributed by atoms with Crippen molar-refractivity contribution in [1.82, 2.24) is 29.6 Å². The minimum absolute atomic E-state index is 0.0490. The van der Waals surface area contributed by atoms with Crippen LogP contribution < -0.4 is 5.32 Å². The fourth-order valence-corrected chi connectivity index (χ4v) is 7.16. The lowest BCUT2D eigenvalue weighted by Gasteiger charge is -2.53. The normalized spacial score (nSPS) is 26.4. The van der Waals surface area contributed by atoms with E-state index < -0.39 is 0 Å². The average Bonchev–Trinajstić information content (AvgIpc) is 3.24. The van der Waals surface area contributed by atoms with Crippen molar-refractivity contribution in [2.45, 2.75) is 51.0 Å². The molecule has 4 aliphatic rings. The van der Waals surface area contributed by atoms with Gasteiger partial charge >= 0.3 is 6.03 Å². The van der Waals surface area contributed by atoms with Crippen molar-refractivity contribution in [3.63, 3.8) is 0 Å². The summed E-state index contributed by atoms with van der Waals surface area (Å²) in [6.07, 6.45) is 5.96. The first-order valence-electron chi connectivity index (χ1n) is 14.0. The van der Waals surface area contributed by atoms with Crippen LogP contribution in [0.2, 0.25) is 0 Å². The van der Waals surface area contributed by atoms with Crippen LogP contribution in [-0.4, -0.2) is 87.4 Å². The summed E-state index contributed by atoms with van der Waals surface area (Å²) in [4.78, 5) is 49.4. The van der Waals surface area contributed by atoms with Crippen molar-refractivity contribution in [2.24, 2.45) is 24.8 Å². The zero-order valence-electron chi connectivity index (χ0n) is 21.8. The van der Waals surface area contributed by atoms with Crippen LogP contribution in [0.1, 0.15) is 44.3 Å². The maximum atomic E-state index is 13.4. The smallest absolute Gasteiger partial charge is 0.320 e. The molecule has 0 saturated carbocycles. The lowest BCUT2D eigenvalue weighted by Crippen LogP contribution is -2.62. The van der Waals surface area contributed by atoms with E-state index in [0.717, 1.165) is 55.8 Å². The van der Waals surface area contributed by atoms with Crippen molar-refractivity contribution in [2.75, 3.05) is 39.3 Å². The predicted octanol–water partition coefficient (Wildman–Crippen LogP) is 2.40. The van der Waals surface area contributed by atoms with Gasteiger partial charge in [0.2, 0.25) is 11.8 Å². The molecular weight excluding hydrogens is 468 g/mol. The summed E-state index contributed by atoms with van der Waals surface area (Å²) in [5, 5.41) is 3.10. The van der Waals surface area contributed by atoms with Crippen molar-refractivity contribution in [3.8, 4) is 0 Å². The Labute approximate surface area is 218 Å². The Balaban J connectivity index is 0.974. The summed E-state index contributed by atoms with van der Waals surface area (Å²) in [6.45, 7) is 4.12. The van der Waals surface area contributed by atoms with Crippen LogP contribution in [0.4, 0.5) is 4.79 Å². The van der Waals surface area contributed by atoms with Gasteiger partial charge in [-0.1, -0.05) is 12.1 Å². The van der Waals surface area contributed by atoms with Gasteiger partial charge in [0.1, 0.15) is 5.82 Å². The molecule has 5 heterocycles. The molecule has 0 unspecified atom stereocenters. The highest BCUT2D eigenvalue weighted by Gasteiger charge is 2.45. The first kappa shape index (κ1) is 24.2. The van der Waals surface area contributed by atoms with E-state index in [1.807, 2.05) is 35.0 Å². The number of aromatic nitrogens is 2. The topological polar surface area (TPSA) is 90.8 Å². The highest BCUT2D eigenvalue weighted by Crippen LogP contribution is 2.38. The summed E-state index contributed by atoms with van der Waals surface area (Å²) >= 11 is 0. The molecule has 9 heteroatoms. The van der Waals surface area contributed by atoms with Crippen LogP contribution in [0.25, 0.3) is 11.0 Å². The summed E-state index contributed by atoms with van der Waals surface area (Å²) < 4.78 is 2.09. The fraction of sp³-hybridized carbons (Fsp3) is 0.643. The van der Waals surface area contributed by atoms with E-state index in [-0.39, 0.29) is 17.9 Å². The fourth-order valence-electron chi connectivity index (χ4n) is 7.16. The molecule has 4 saturated heterocycles. The Hall–Kier alpha value is -3.10. The summed E-state index contributed by atoms with van der Waals surface area (Å²) in [7, 11) is 2.01. The van der Waals surface area contributed by atoms with E-state index >= 15 is 0 Å². The summed E-state index contributed by atoms with van der Waals surface area (Å²) in [5.74, 6) is 2.10. The van der Waals surface area contributed by atoms with Gasteiger partial charge in [-0.05, 0) is 56.1 Å². The lowest BCUT2D eigenvalue weighted by molar-refractivity contribution is -0.144. The molecule has 0 radical (unpaired) electrons. The molecule has 4 fully saturated rings. The number of para-hydroxylation sites is 2. The van der Waals surface area contributed by atoms with E-state index in [2.05, 4.69) is 25.8 Å². The average molecular weight is 507 g/mol. The van der Waals surface area contributed by atoms with E-state index in [1.165, 1.54) is 0 Å². The zero-order chi connectivity index (χ0) is 25.5. The third-order valence-electron chi connectivity index (χ3n) is 9.11. The molecule has 2 aromatic rings. The van der Waals surface area contributed by atoms with Gasteiger partial charge in [0.25, 0.3) is 0 Å². The molecule has 1 N–H and O–H groups in total. The molecule has 0 aliphatic carbocycles. The molecule has 0 spiro atoms. The number of rotatable bonds is 4. The number of likely N-dealkylation sites (tertiary alicyclic amines) is 2. The van der Waals surface area contributed by atoms with Gasteiger partial charge in [-0.3, -0.25) is 9.59 Å². The Morgan fingerprint density at radius 1 is 1.05 bits per heavy atom. The number of benzene rings is 1. The number of nitrogens with zero attached hydrogens (tertiary/aromatic N) is 5. The molecule has 37 heavy (non-hydrogen) atoms. The van der Waals surface area contributed by atoms with E-state index in [0.29, 0.717) is 69.1 Å². The minimum Gasteiger partial charge on any atom is -0.355 e. The quantitative estimate of drug-likeness (QED) is 0.690. The standard InChI is InChI=1S/C28H38N6O3/c1-31-24-6-3-2-5-22(24)30-25(31)9-12-29-27(36)20-10-13-32(14-11-20)28(37)33-16-19-15-21(18-33)23-7-4-8-26(35)34(23)17-19/h2-3,5-6,19-21,23H,4,7-18H2,1H3,(H,29,36)/t19-,21+,23+/m0/s1. The Kier molecular flexibility index (Phi) is 6.55. The number of fused-ring (bicyclic) bond motifs is 5. The largest absolute Gasteiger partial charge is 0.355 e. The molecular formula is C28H38N6O3. The highest BCUT2D eigenvalue weighted by molar-refractivity contribution is 5.80. The van der Waals surface area contributed by atoms with E-state index in [4.69, 9.17) is 0 Å². The molecule has 3 atom stereocenters. The minimum atomic E-state index is -0.0490. The molecule has 4 amide bonds. The van der Waals surface area contributed by atoms with Crippen LogP contribution in [0.15, 0.2) is 24.3 Å². The van der Waals surface area contributed by atoms with Gasteiger partial charge < -0.3 is 24.6 Å². The lowest BCUT2D eigenvalue weighted by atomic mass is 9.76. The third-order valence-corrected chi connectivity index (χ3v) is 9.11. The number of imidazole rings is 1. The molecule has 4 aliphatic heterocycles. The monoisotopic (exact) mass is 506 g/mol. The molecule has 9 nitrogen and oxygen atoms in total. The van der Waals surface area contributed by atoms with Crippen LogP contribution in [0.5, 0.6) is 0 Å². The second-order valence-electron chi connectivity index (χ2n) is 11.4. The number of piperidine rings is 4. The number of hydrogen-bond donors (Lipinski definition) is 1. The van der Waals surface area contributed by atoms with Crippen molar-refractivity contribution < 1.29 is 14.4 Å². The van der Waals surface area contributed by atoms with E-state index in [9.17, 15) is 14.4 Å². The first-order valence-corrected chi connectivity index (χ1v) is 14.0. The van der Waals surface area contributed by atoms with Gasteiger partial charge in [-0.2, -0.15) is 0 Å². The number of urea groups is 1. The SMILES string of the molecule is Cn1c(CCNC(=O)C2CCN(C(=O)N3C[C@@H]4C[C@H](C3)[C@H]3CCCC(=O)N3C4)CC2)nc2ccccc21. The molecule has 198 valence electrons. The van der Waals surface area contributed by atoms with Crippen LogP contribution in [0.3, 0.4) is 0 Å². The number of amides is 4. The van der Waals surface area contributed by atoms with Crippen LogP contribution in [0, 0.1) is 17.8 Å². The van der Waals surface area contributed by atoms with E-state index in [1.54, 1.807) is 0 Å². The summed E-state index contributed by atoms with van der Waals surface area (Å²) in [6, 6.07) is 8.49. The third kappa shape index (κ3) is 4.68. The maximum absolute atomic E-state index is 13.4. The number of aryl methyl sites for hydroxylation is 1. The van der Waals surface area contributed by atoms with Gasteiger partial charge in [-0.25, -0.2) is 9.78 Å². The molecule has 2 bridgehead atoms. The molecule has 6 rings (SSSR count). The van der Waals surface area contributed by atoms with Gasteiger partial charge in [0.05, 0.1) is 11.0 Å². The number of nitrogens with one attached hydrogen (secondary N) is 1. The van der Waals surface area contributed by atoms with Crippen molar-refractivity contribution in [1.29, 1.82) is 0 Å². The van der Waals surface area contributed by atoms with Crippen molar-refractivity contribution in [3.05, 3.63) is 30.1 Å². The zero-order valence-corrected chi connectivity index (χ0v) is 21.8. The number of carbonyl (C=O) groups is 3. The summed E-state index contributed by atoms with van der Waals surface area (Å²) in [5.41, 5.74) is 2.08. The van der Waals surface area contributed by atoms with Crippen LogP contribution >= 0.6 is 0 Å². The first-order chi connectivity index (χ1) is 18.0. The Bertz CT molecular complexity index is 1190. The Morgan fingerprint density at radius 2 is 1.86 bits per heavy atom. The Morgan fingerprint density at radius 3 is 2.68 bits per heavy atom. The predicted molar refractivity (Wildman–Crippen MR) is 140 cm³/mol. The maximum Gasteiger partial charge on any atom is 0.320 e.